The van der Waals surface area contributed by atoms with E-state index in [-0.39, 0.29) is 17.9 Å². The fourth-order valence-electron chi connectivity index (χ4n) is 3.05. The zero-order valence-electron chi connectivity index (χ0n) is 16.9. The molecule has 0 bridgehead atoms. The summed E-state index contributed by atoms with van der Waals surface area (Å²) in [5, 5.41) is 39.8. The van der Waals surface area contributed by atoms with Crippen LogP contribution in [0, 0.1) is 34.1 Å². The van der Waals surface area contributed by atoms with E-state index in [1.807, 2.05) is 0 Å². The van der Waals surface area contributed by atoms with Crippen LogP contribution in [0.1, 0.15) is 44.0 Å². The number of nitrogens with zero attached hydrogens (tertiary/aromatic N) is 4. The Morgan fingerprint density at radius 3 is 1.94 bits per heavy atom. The molecule has 3 rings (SSSR count). The molecule has 3 aromatic rings. The summed E-state index contributed by atoms with van der Waals surface area (Å²) in [5.41, 5.74) is -0.891. The Morgan fingerprint density at radius 2 is 1.44 bits per heavy atom. The largest absolute Gasteiger partial charge is 0.348 e. The van der Waals surface area contributed by atoms with Gasteiger partial charge in [0.25, 0.3) is 11.8 Å². The van der Waals surface area contributed by atoms with Crippen molar-refractivity contribution in [3.63, 3.8) is 0 Å². The van der Waals surface area contributed by atoms with Crippen molar-refractivity contribution in [3.8, 4) is 0 Å². The molecule has 0 aliphatic heterocycles. The van der Waals surface area contributed by atoms with Crippen molar-refractivity contribution in [2.75, 3.05) is 6.54 Å². The second kappa shape index (κ2) is 9.03. The smallest absolute Gasteiger partial charge is 0.322 e. The standard InChI is InChI=1S/C18H18N8O6/c1-9-15(25(29)30)13(23-21-9)17(27)19-8-12(11-6-4-3-5-7-11)20-18(28)14-16(26(31)32)10(2)22-24-14/h3-7,12H,8H2,1-2H3,(H,19,27)(H,20,28)(H,21,23)(H,22,24)/t12-/m1/s1. The molecule has 4 N–H and O–H groups in total. The second-order valence-corrected chi connectivity index (χ2v) is 6.75. The molecule has 0 aliphatic rings. The van der Waals surface area contributed by atoms with Gasteiger partial charge in [-0.15, -0.1) is 0 Å². The van der Waals surface area contributed by atoms with E-state index in [0.29, 0.717) is 5.56 Å². The van der Waals surface area contributed by atoms with Crippen molar-refractivity contribution in [1.82, 2.24) is 31.0 Å². The number of nitro groups is 2. The number of hydrogen-bond acceptors (Lipinski definition) is 8. The fourth-order valence-corrected chi connectivity index (χ4v) is 3.05. The van der Waals surface area contributed by atoms with Crippen LogP contribution in [0.5, 0.6) is 0 Å². The van der Waals surface area contributed by atoms with Gasteiger partial charge in [-0.1, -0.05) is 30.3 Å². The first-order chi connectivity index (χ1) is 15.2. The highest BCUT2D eigenvalue weighted by Gasteiger charge is 2.30. The van der Waals surface area contributed by atoms with E-state index in [9.17, 15) is 29.8 Å². The Balaban J connectivity index is 1.82. The van der Waals surface area contributed by atoms with Crippen molar-refractivity contribution in [2.24, 2.45) is 0 Å². The lowest BCUT2D eigenvalue weighted by molar-refractivity contribution is -0.385. The van der Waals surface area contributed by atoms with Crippen molar-refractivity contribution in [2.45, 2.75) is 19.9 Å². The molecular formula is C18H18N8O6. The summed E-state index contributed by atoms with van der Waals surface area (Å²) in [6.07, 6.45) is 0. The SMILES string of the molecule is Cc1[nH]nc(C(=O)NC[C@@H](NC(=O)c2n[nH]c(C)c2[N+](=O)[O-])c2ccccc2)c1[N+](=O)[O-]. The molecule has 0 aliphatic carbocycles. The van der Waals surface area contributed by atoms with Gasteiger partial charge < -0.3 is 10.6 Å². The Hall–Kier alpha value is -4.62. The van der Waals surface area contributed by atoms with Crippen molar-refractivity contribution >= 4 is 23.2 Å². The Morgan fingerprint density at radius 1 is 0.938 bits per heavy atom. The molecule has 0 radical (unpaired) electrons. The van der Waals surface area contributed by atoms with Gasteiger partial charge in [0.15, 0.2) is 0 Å². The molecule has 0 spiro atoms. The van der Waals surface area contributed by atoms with Gasteiger partial charge in [0.2, 0.25) is 11.4 Å². The topological polar surface area (TPSA) is 202 Å². The van der Waals surface area contributed by atoms with Crippen molar-refractivity contribution < 1.29 is 19.4 Å². The summed E-state index contributed by atoms with van der Waals surface area (Å²) in [7, 11) is 0. The van der Waals surface area contributed by atoms with Gasteiger partial charge in [0.05, 0.1) is 15.9 Å². The van der Waals surface area contributed by atoms with Crippen LogP contribution in [0.25, 0.3) is 0 Å². The molecule has 0 saturated carbocycles. The number of amides is 2. The van der Waals surface area contributed by atoms with Crippen molar-refractivity contribution in [3.05, 3.63) is 78.9 Å². The maximum atomic E-state index is 12.7. The predicted molar refractivity (Wildman–Crippen MR) is 109 cm³/mol. The lowest BCUT2D eigenvalue weighted by Crippen LogP contribution is -2.38. The van der Waals surface area contributed by atoms with Crippen LogP contribution in [-0.2, 0) is 0 Å². The number of carbonyl (C=O) groups is 2. The molecule has 0 unspecified atom stereocenters. The minimum atomic E-state index is -0.828. The van der Waals surface area contributed by atoms with E-state index in [2.05, 4.69) is 31.0 Å². The van der Waals surface area contributed by atoms with Crippen LogP contribution in [0.3, 0.4) is 0 Å². The number of benzene rings is 1. The summed E-state index contributed by atoms with van der Waals surface area (Å²) in [6.45, 7) is 2.65. The van der Waals surface area contributed by atoms with Crippen LogP contribution < -0.4 is 10.6 Å². The number of carbonyl (C=O) groups excluding carboxylic acids is 2. The quantitative estimate of drug-likeness (QED) is 0.296. The van der Waals surface area contributed by atoms with Gasteiger partial charge in [-0.05, 0) is 19.4 Å². The number of aromatic amines is 2. The molecule has 2 aromatic heterocycles. The van der Waals surface area contributed by atoms with E-state index in [0.717, 1.165) is 0 Å². The maximum Gasteiger partial charge on any atom is 0.322 e. The summed E-state index contributed by atoms with van der Waals surface area (Å²) < 4.78 is 0. The first-order valence-corrected chi connectivity index (χ1v) is 9.23. The Bertz CT molecular complexity index is 1190. The number of aryl methyl sites for hydroxylation is 2. The number of H-pyrrole nitrogens is 2. The molecule has 0 saturated heterocycles. The molecule has 1 atom stereocenters. The monoisotopic (exact) mass is 442 g/mol. The molecule has 14 nitrogen and oxygen atoms in total. The number of hydrogen-bond donors (Lipinski definition) is 4. The highest BCUT2D eigenvalue weighted by Crippen LogP contribution is 2.22. The second-order valence-electron chi connectivity index (χ2n) is 6.75. The van der Waals surface area contributed by atoms with E-state index < -0.39 is 50.5 Å². The maximum absolute atomic E-state index is 12.7. The minimum absolute atomic E-state index is 0.117. The van der Waals surface area contributed by atoms with Gasteiger partial charge in [-0.3, -0.25) is 40.0 Å². The third kappa shape index (κ3) is 4.43. The van der Waals surface area contributed by atoms with Crippen molar-refractivity contribution in [1.29, 1.82) is 0 Å². The third-order valence-corrected chi connectivity index (χ3v) is 4.60. The van der Waals surface area contributed by atoms with Crippen LogP contribution in [-0.4, -0.2) is 48.6 Å². The first kappa shape index (κ1) is 22.1. The van der Waals surface area contributed by atoms with Gasteiger partial charge >= 0.3 is 11.4 Å². The predicted octanol–water partition coefficient (Wildman–Crippen LogP) is 1.47. The van der Waals surface area contributed by atoms with Gasteiger partial charge in [0, 0.05) is 6.54 Å². The zero-order valence-corrected chi connectivity index (χ0v) is 16.9. The Labute approximate surface area is 179 Å². The van der Waals surface area contributed by atoms with E-state index in [1.54, 1.807) is 30.3 Å². The number of rotatable bonds is 8. The molecular weight excluding hydrogens is 424 g/mol. The average Bonchev–Trinajstić information content (AvgIpc) is 3.34. The average molecular weight is 442 g/mol. The summed E-state index contributed by atoms with van der Waals surface area (Å²) in [4.78, 5) is 46.3. The van der Waals surface area contributed by atoms with Crippen LogP contribution in [0.2, 0.25) is 0 Å². The highest BCUT2D eigenvalue weighted by atomic mass is 16.6. The molecule has 32 heavy (non-hydrogen) atoms. The van der Waals surface area contributed by atoms with E-state index in [4.69, 9.17) is 0 Å². The lowest BCUT2D eigenvalue weighted by atomic mass is 10.1. The first-order valence-electron chi connectivity index (χ1n) is 9.23. The van der Waals surface area contributed by atoms with Crippen LogP contribution in [0.4, 0.5) is 11.4 Å². The minimum Gasteiger partial charge on any atom is -0.348 e. The molecule has 2 heterocycles. The van der Waals surface area contributed by atoms with E-state index in [1.165, 1.54) is 13.8 Å². The molecule has 166 valence electrons. The van der Waals surface area contributed by atoms with Gasteiger partial charge in [-0.25, -0.2) is 0 Å². The highest BCUT2D eigenvalue weighted by molar-refractivity contribution is 5.97. The summed E-state index contributed by atoms with van der Waals surface area (Å²) in [6, 6.07) is 7.71. The van der Waals surface area contributed by atoms with Crippen LogP contribution in [0.15, 0.2) is 30.3 Å². The molecule has 1 aromatic carbocycles. The fraction of sp³-hybridized carbons (Fsp3) is 0.222. The molecule has 14 heteroatoms. The summed E-state index contributed by atoms with van der Waals surface area (Å²) in [5.74, 6) is -1.65. The van der Waals surface area contributed by atoms with Gasteiger partial charge in [0.1, 0.15) is 11.4 Å². The molecule has 2 amide bonds. The summed E-state index contributed by atoms with van der Waals surface area (Å²) >= 11 is 0. The van der Waals surface area contributed by atoms with Gasteiger partial charge in [-0.2, -0.15) is 10.2 Å². The zero-order chi connectivity index (χ0) is 23.4. The molecule has 0 fully saturated rings. The third-order valence-electron chi connectivity index (χ3n) is 4.60. The number of nitrogens with one attached hydrogen (secondary N) is 4. The Kier molecular flexibility index (Phi) is 6.23. The van der Waals surface area contributed by atoms with Crippen LogP contribution >= 0.6 is 0 Å². The lowest BCUT2D eigenvalue weighted by Gasteiger charge is -2.19. The van der Waals surface area contributed by atoms with E-state index >= 15 is 0 Å². The normalized spacial score (nSPS) is 11.6. The number of aromatic nitrogens is 4.